The standard InChI is InChI=1S/C11H13N3O3/c1-17-11(16)10-8-3-2-7(15)6-14(8)9(13-10)4-5-12/h2-3,6,15H,4-5,12H2,1H3. The van der Waals surface area contributed by atoms with Gasteiger partial charge < -0.3 is 15.6 Å². The van der Waals surface area contributed by atoms with Crippen molar-refractivity contribution >= 4 is 11.5 Å². The lowest BCUT2D eigenvalue weighted by atomic mass is 10.3. The molecule has 6 heteroatoms. The molecule has 0 bridgehead atoms. The second-order valence-corrected chi connectivity index (χ2v) is 3.55. The normalized spacial score (nSPS) is 10.7. The molecule has 2 aromatic rings. The molecule has 0 fully saturated rings. The van der Waals surface area contributed by atoms with E-state index >= 15 is 0 Å². The molecule has 0 radical (unpaired) electrons. The minimum Gasteiger partial charge on any atom is -0.506 e. The number of ether oxygens (including phenoxy) is 1. The van der Waals surface area contributed by atoms with Crippen molar-refractivity contribution in [1.29, 1.82) is 0 Å². The third kappa shape index (κ3) is 1.94. The Labute approximate surface area is 97.6 Å². The van der Waals surface area contributed by atoms with E-state index < -0.39 is 5.97 Å². The van der Waals surface area contributed by atoms with Crippen LogP contribution in [0.15, 0.2) is 18.3 Å². The zero-order valence-corrected chi connectivity index (χ0v) is 9.38. The third-order valence-electron chi connectivity index (χ3n) is 2.44. The highest BCUT2D eigenvalue weighted by atomic mass is 16.5. The molecule has 3 N–H and O–H groups in total. The van der Waals surface area contributed by atoms with E-state index in [1.165, 1.54) is 19.4 Å². The molecule has 0 aromatic carbocycles. The minimum absolute atomic E-state index is 0.101. The summed E-state index contributed by atoms with van der Waals surface area (Å²) in [6, 6.07) is 3.12. The van der Waals surface area contributed by atoms with Crippen LogP contribution in [0.4, 0.5) is 0 Å². The van der Waals surface area contributed by atoms with Gasteiger partial charge in [0.25, 0.3) is 0 Å². The molecule has 90 valence electrons. The fraction of sp³-hybridized carbons (Fsp3) is 0.273. The quantitative estimate of drug-likeness (QED) is 0.748. The molecule has 0 aliphatic rings. The van der Waals surface area contributed by atoms with E-state index in [4.69, 9.17) is 5.73 Å². The smallest absolute Gasteiger partial charge is 0.358 e. The number of methoxy groups -OCH3 is 1. The van der Waals surface area contributed by atoms with Crippen molar-refractivity contribution in [2.24, 2.45) is 5.73 Å². The van der Waals surface area contributed by atoms with Gasteiger partial charge in [0.2, 0.25) is 0 Å². The lowest BCUT2D eigenvalue weighted by Crippen LogP contribution is -2.06. The summed E-state index contributed by atoms with van der Waals surface area (Å²) in [5.41, 5.74) is 6.30. The predicted molar refractivity (Wildman–Crippen MR) is 61.0 cm³/mol. The van der Waals surface area contributed by atoms with Gasteiger partial charge in [0.15, 0.2) is 5.69 Å². The third-order valence-corrected chi connectivity index (χ3v) is 2.44. The van der Waals surface area contributed by atoms with Crippen LogP contribution < -0.4 is 5.73 Å². The number of rotatable bonds is 3. The average Bonchev–Trinajstić information content (AvgIpc) is 2.67. The predicted octanol–water partition coefficient (Wildman–Crippen LogP) is 0.328. The van der Waals surface area contributed by atoms with Crippen LogP contribution in [-0.4, -0.2) is 34.1 Å². The Kier molecular flexibility index (Phi) is 2.97. The molecule has 2 aromatic heterocycles. The summed E-state index contributed by atoms with van der Waals surface area (Å²) in [6.45, 7) is 0.412. The van der Waals surface area contributed by atoms with Gasteiger partial charge in [-0.3, -0.25) is 4.40 Å². The maximum Gasteiger partial charge on any atom is 0.358 e. The molecule has 17 heavy (non-hydrogen) atoms. The molecule has 0 spiro atoms. The number of nitrogens with two attached hydrogens (primary N) is 1. The highest BCUT2D eigenvalue weighted by Crippen LogP contribution is 2.18. The second-order valence-electron chi connectivity index (χ2n) is 3.55. The van der Waals surface area contributed by atoms with Crippen molar-refractivity contribution < 1.29 is 14.6 Å². The lowest BCUT2D eigenvalue weighted by Gasteiger charge is -2.00. The van der Waals surface area contributed by atoms with Crippen molar-refractivity contribution in [3.05, 3.63) is 29.8 Å². The number of aromatic nitrogens is 2. The van der Waals surface area contributed by atoms with E-state index in [9.17, 15) is 9.90 Å². The van der Waals surface area contributed by atoms with Crippen LogP contribution in [0.1, 0.15) is 16.3 Å². The van der Waals surface area contributed by atoms with Crippen LogP contribution in [0.2, 0.25) is 0 Å². The lowest BCUT2D eigenvalue weighted by molar-refractivity contribution is 0.0597. The van der Waals surface area contributed by atoms with Gasteiger partial charge in [0.05, 0.1) is 18.8 Å². The Morgan fingerprint density at radius 1 is 1.59 bits per heavy atom. The number of hydrogen-bond acceptors (Lipinski definition) is 5. The highest BCUT2D eigenvalue weighted by Gasteiger charge is 2.17. The van der Waals surface area contributed by atoms with Gasteiger partial charge in [0.1, 0.15) is 11.6 Å². The molecule has 0 saturated carbocycles. The van der Waals surface area contributed by atoms with Crippen molar-refractivity contribution in [2.45, 2.75) is 6.42 Å². The van der Waals surface area contributed by atoms with Crippen molar-refractivity contribution in [3.8, 4) is 5.75 Å². The van der Waals surface area contributed by atoms with Crippen LogP contribution in [0.3, 0.4) is 0 Å². The number of fused-ring (bicyclic) bond motifs is 1. The first kappa shape index (κ1) is 11.4. The van der Waals surface area contributed by atoms with Crippen molar-refractivity contribution in [2.75, 3.05) is 13.7 Å². The van der Waals surface area contributed by atoms with E-state index in [0.29, 0.717) is 24.3 Å². The Morgan fingerprint density at radius 3 is 3.00 bits per heavy atom. The molecule has 0 amide bonds. The zero-order chi connectivity index (χ0) is 12.4. The first-order valence-corrected chi connectivity index (χ1v) is 5.15. The maximum atomic E-state index is 11.5. The molecule has 0 atom stereocenters. The molecule has 2 heterocycles. The molecular formula is C11H13N3O3. The van der Waals surface area contributed by atoms with Gasteiger partial charge in [-0.2, -0.15) is 0 Å². The molecule has 0 aliphatic carbocycles. The summed E-state index contributed by atoms with van der Waals surface area (Å²) >= 11 is 0. The number of esters is 1. The van der Waals surface area contributed by atoms with Crippen molar-refractivity contribution in [3.63, 3.8) is 0 Å². The largest absolute Gasteiger partial charge is 0.506 e. The number of nitrogens with zero attached hydrogens (tertiary/aromatic N) is 2. The van der Waals surface area contributed by atoms with Gasteiger partial charge in [-0.1, -0.05) is 0 Å². The summed E-state index contributed by atoms with van der Waals surface area (Å²) < 4.78 is 6.30. The van der Waals surface area contributed by atoms with E-state index in [-0.39, 0.29) is 11.4 Å². The van der Waals surface area contributed by atoms with Gasteiger partial charge in [-0.25, -0.2) is 9.78 Å². The SMILES string of the molecule is COC(=O)c1nc(CCN)n2cc(O)ccc12. The zero-order valence-electron chi connectivity index (χ0n) is 9.38. The summed E-state index contributed by atoms with van der Waals surface area (Å²) in [4.78, 5) is 15.7. The monoisotopic (exact) mass is 235 g/mol. The van der Waals surface area contributed by atoms with Crippen LogP contribution >= 0.6 is 0 Å². The Bertz CT molecular complexity index is 562. The van der Waals surface area contributed by atoms with E-state index in [1.807, 2.05) is 0 Å². The molecule has 0 unspecified atom stereocenters. The summed E-state index contributed by atoms with van der Waals surface area (Å²) in [5, 5.41) is 9.43. The Balaban J connectivity index is 2.66. The fourth-order valence-corrected chi connectivity index (χ4v) is 1.69. The minimum atomic E-state index is -0.503. The summed E-state index contributed by atoms with van der Waals surface area (Å²) in [5.74, 6) is 0.222. The van der Waals surface area contributed by atoms with Crippen LogP contribution in [0.5, 0.6) is 5.75 Å². The van der Waals surface area contributed by atoms with Gasteiger partial charge in [-0.15, -0.1) is 0 Å². The van der Waals surface area contributed by atoms with E-state index in [1.54, 1.807) is 10.5 Å². The number of imidazole rings is 1. The van der Waals surface area contributed by atoms with Gasteiger partial charge in [0, 0.05) is 6.42 Å². The van der Waals surface area contributed by atoms with E-state index in [0.717, 1.165) is 0 Å². The Morgan fingerprint density at radius 2 is 2.35 bits per heavy atom. The molecule has 0 saturated heterocycles. The maximum absolute atomic E-state index is 11.5. The van der Waals surface area contributed by atoms with Gasteiger partial charge >= 0.3 is 5.97 Å². The van der Waals surface area contributed by atoms with Crippen LogP contribution in [0, 0.1) is 0 Å². The van der Waals surface area contributed by atoms with Crippen molar-refractivity contribution in [1.82, 2.24) is 9.38 Å². The fourth-order valence-electron chi connectivity index (χ4n) is 1.69. The van der Waals surface area contributed by atoms with Crippen LogP contribution in [0.25, 0.3) is 5.52 Å². The van der Waals surface area contributed by atoms with E-state index in [2.05, 4.69) is 9.72 Å². The topological polar surface area (TPSA) is 89.8 Å². The second kappa shape index (κ2) is 4.42. The number of carbonyl (C=O) groups is 1. The summed E-state index contributed by atoms with van der Waals surface area (Å²) in [6.07, 6.45) is 2.02. The first-order valence-electron chi connectivity index (χ1n) is 5.15. The number of pyridine rings is 1. The number of hydrogen-bond donors (Lipinski definition) is 2. The van der Waals surface area contributed by atoms with Gasteiger partial charge in [-0.05, 0) is 18.7 Å². The molecule has 0 aliphatic heterocycles. The first-order chi connectivity index (χ1) is 8.17. The Hall–Kier alpha value is -2.08. The number of aromatic hydroxyl groups is 1. The molecule has 2 rings (SSSR count). The molecular weight excluding hydrogens is 222 g/mol. The highest BCUT2D eigenvalue weighted by molar-refractivity contribution is 5.95. The summed E-state index contributed by atoms with van der Waals surface area (Å²) in [7, 11) is 1.30. The van der Waals surface area contributed by atoms with Crippen LogP contribution in [-0.2, 0) is 11.2 Å². The molecule has 6 nitrogen and oxygen atoms in total. The average molecular weight is 235 g/mol. The number of carbonyl (C=O) groups excluding carboxylic acids is 1.